The largest absolute Gasteiger partial charge is 0.469 e. The van der Waals surface area contributed by atoms with E-state index in [9.17, 15) is 9.59 Å². The van der Waals surface area contributed by atoms with E-state index >= 15 is 0 Å². The maximum atomic E-state index is 11.8. The summed E-state index contributed by atoms with van der Waals surface area (Å²) in [5.74, 6) is 0.594. The Bertz CT molecular complexity index is 705. The second-order valence-corrected chi connectivity index (χ2v) is 5.62. The van der Waals surface area contributed by atoms with Crippen molar-refractivity contribution >= 4 is 34.4 Å². The number of carbonyl (C=O) groups excluding carboxylic acids is 2. The van der Waals surface area contributed by atoms with Gasteiger partial charge in [-0.3, -0.25) is 14.9 Å². The number of esters is 1. The number of aromatic nitrogens is 2. The number of methoxy groups -OCH3 is 1. The Morgan fingerprint density at radius 3 is 2.91 bits per heavy atom. The molecular weight excluding hydrogens is 318 g/mol. The van der Waals surface area contributed by atoms with Crippen molar-refractivity contribution in [2.75, 3.05) is 12.4 Å². The Labute approximate surface area is 137 Å². The van der Waals surface area contributed by atoms with Gasteiger partial charge in [-0.25, -0.2) is 0 Å². The second kappa shape index (κ2) is 8.23. The van der Waals surface area contributed by atoms with Gasteiger partial charge in [0.2, 0.25) is 11.0 Å². The lowest BCUT2D eigenvalue weighted by molar-refractivity contribution is -0.140. The van der Waals surface area contributed by atoms with Crippen molar-refractivity contribution in [3.05, 3.63) is 34.7 Å². The molecule has 7 nitrogen and oxygen atoms in total. The molecule has 0 aliphatic heterocycles. The fourth-order valence-electron chi connectivity index (χ4n) is 1.70. The highest BCUT2D eigenvalue weighted by Gasteiger charge is 2.06. The average Bonchev–Trinajstić information content (AvgIpc) is 3.19. The molecule has 2 rings (SSSR count). The van der Waals surface area contributed by atoms with Gasteiger partial charge in [0.15, 0.2) is 0 Å². The molecule has 0 aliphatic carbocycles. The van der Waals surface area contributed by atoms with E-state index in [4.69, 9.17) is 4.42 Å². The van der Waals surface area contributed by atoms with Crippen molar-refractivity contribution in [3.63, 3.8) is 0 Å². The highest BCUT2D eigenvalue weighted by atomic mass is 32.1. The molecule has 0 unspecified atom stereocenters. The molecule has 2 aromatic rings. The first-order valence-corrected chi connectivity index (χ1v) is 7.89. The van der Waals surface area contributed by atoms with Gasteiger partial charge < -0.3 is 9.15 Å². The molecule has 23 heavy (non-hydrogen) atoms. The molecule has 2 aromatic heterocycles. The minimum absolute atomic E-state index is 0.254. The Morgan fingerprint density at radius 2 is 2.22 bits per heavy atom. The molecule has 0 bridgehead atoms. The molecule has 0 saturated heterocycles. The fourth-order valence-corrected chi connectivity index (χ4v) is 2.38. The van der Waals surface area contributed by atoms with Crippen LogP contribution in [0.5, 0.6) is 0 Å². The Kier molecular flexibility index (Phi) is 6.04. The predicted octanol–water partition coefficient (Wildman–Crippen LogP) is 2.45. The van der Waals surface area contributed by atoms with E-state index in [0.29, 0.717) is 23.1 Å². The van der Waals surface area contributed by atoms with E-state index in [-0.39, 0.29) is 18.3 Å². The van der Waals surface area contributed by atoms with Gasteiger partial charge in [0.1, 0.15) is 16.5 Å². The van der Waals surface area contributed by atoms with Crippen LogP contribution in [0, 0.1) is 0 Å². The van der Waals surface area contributed by atoms with Crippen molar-refractivity contribution in [1.29, 1.82) is 0 Å². The highest BCUT2D eigenvalue weighted by Crippen LogP contribution is 2.16. The van der Waals surface area contributed by atoms with Crippen molar-refractivity contribution in [2.45, 2.75) is 26.2 Å². The number of anilines is 1. The van der Waals surface area contributed by atoms with E-state index in [2.05, 4.69) is 20.3 Å². The zero-order valence-corrected chi connectivity index (χ0v) is 13.7. The molecule has 0 radical (unpaired) electrons. The molecule has 0 atom stereocenters. The van der Waals surface area contributed by atoms with Gasteiger partial charge in [0, 0.05) is 12.5 Å². The normalized spacial score (nSPS) is 10.9. The summed E-state index contributed by atoms with van der Waals surface area (Å²) in [5.41, 5.74) is 0. The van der Waals surface area contributed by atoms with Crippen LogP contribution >= 0.6 is 11.3 Å². The Morgan fingerprint density at radius 1 is 1.39 bits per heavy atom. The zero-order valence-electron chi connectivity index (χ0n) is 12.9. The van der Waals surface area contributed by atoms with Crippen LogP contribution in [0.1, 0.15) is 29.9 Å². The number of carbonyl (C=O) groups is 2. The van der Waals surface area contributed by atoms with Gasteiger partial charge in [-0.15, -0.1) is 10.2 Å². The molecule has 8 heteroatoms. The number of aryl methyl sites for hydroxylation is 2. The first-order valence-electron chi connectivity index (χ1n) is 7.07. The number of hydrogen-bond donors (Lipinski definition) is 1. The first-order chi connectivity index (χ1) is 11.1. The van der Waals surface area contributed by atoms with Crippen molar-refractivity contribution in [2.24, 2.45) is 0 Å². The molecular formula is C15H17N3O4S. The number of furan rings is 1. The summed E-state index contributed by atoms with van der Waals surface area (Å²) >= 11 is 1.34. The van der Waals surface area contributed by atoms with Gasteiger partial charge in [0.05, 0.1) is 13.5 Å². The number of nitrogens with zero attached hydrogens (tertiary/aromatic N) is 2. The Balaban J connectivity index is 1.85. The lowest BCUT2D eigenvalue weighted by atomic mass is 10.2. The van der Waals surface area contributed by atoms with Crippen LogP contribution in [0.4, 0.5) is 5.13 Å². The zero-order chi connectivity index (χ0) is 16.7. The van der Waals surface area contributed by atoms with E-state index in [1.54, 1.807) is 18.2 Å². The maximum absolute atomic E-state index is 11.8. The fraction of sp³-hybridized carbons (Fsp3) is 0.333. The third kappa shape index (κ3) is 5.33. The van der Waals surface area contributed by atoms with E-state index in [1.807, 2.05) is 6.92 Å². The number of hydrogen-bond acceptors (Lipinski definition) is 7. The highest BCUT2D eigenvalue weighted by molar-refractivity contribution is 7.15. The third-order valence-corrected chi connectivity index (χ3v) is 3.87. The molecule has 1 N–H and O–H groups in total. The van der Waals surface area contributed by atoms with Crippen LogP contribution in [0.3, 0.4) is 0 Å². The van der Waals surface area contributed by atoms with Gasteiger partial charge in [-0.05, 0) is 24.6 Å². The maximum Gasteiger partial charge on any atom is 0.305 e. The molecule has 0 saturated carbocycles. The molecule has 2 heterocycles. The summed E-state index contributed by atoms with van der Waals surface area (Å²) in [5, 5.41) is 11.8. The number of amides is 1. The topological polar surface area (TPSA) is 94.3 Å². The van der Waals surface area contributed by atoms with Crippen LogP contribution in [-0.2, 0) is 27.2 Å². The smallest absolute Gasteiger partial charge is 0.305 e. The molecule has 122 valence electrons. The minimum Gasteiger partial charge on any atom is -0.469 e. The number of rotatable bonds is 7. The molecule has 0 fully saturated rings. The van der Waals surface area contributed by atoms with Crippen LogP contribution in [0.15, 0.2) is 22.6 Å². The summed E-state index contributed by atoms with van der Waals surface area (Å²) in [6.07, 6.45) is 4.40. The summed E-state index contributed by atoms with van der Waals surface area (Å²) < 4.78 is 10.1. The van der Waals surface area contributed by atoms with Crippen LogP contribution < -0.4 is 5.32 Å². The second-order valence-electron chi connectivity index (χ2n) is 4.56. The first kappa shape index (κ1) is 16.9. The molecule has 0 aromatic carbocycles. The predicted molar refractivity (Wildman–Crippen MR) is 86.0 cm³/mol. The Hall–Kier alpha value is -2.48. The van der Waals surface area contributed by atoms with Gasteiger partial charge in [0.25, 0.3) is 0 Å². The third-order valence-electron chi connectivity index (χ3n) is 2.88. The van der Waals surface area contributed by atoms with Crippen molar-refractivity contribution < 1.29 is 18.7 Å². The van der Waals surface area contributed by atoms with E-state index in [0.717, 1.165) is 11.4 Å². The summed E-state index contributed by atoms with van der Waals surface area (Å²) in [6.45, 7) is 1.97. The summed E-state index contributed by atoms with van der Waals surface area (Å²) in [6, 6.07) is 3.50. The van der Waals surface area contributed by atoms with Crippen molar-refractivity contribution in [1.82, 2.24) is 10.2 Å². The molecule has 0 aliphatic rings. The van der Waals surface area contributed by atoms with Crippen LogP contribution in [0.25, 0.3) is 6.08 Å². The van der Waals surface area contributed by atoms with E-state index < -0.39 is 0 Å². The van der Waals surface area contributed by atoms with Gasteiger partial charge >= 0.3 is 5.97 Å². The molecule has 0 spiro atoms. The van der Waals surface area contributed by atoms with Crippen LogP contribution in [0.2, 0.25) is 0 Å². The van der Waals surface area contributed by atoms with E-state index in [1.165, 1.54) is 24.5 Å². The molecule has 1 amide bonds. The van der Waals surface area contributed by atoms with Crippen molar-refractivity contribution in [3.8, 4) is 0 Å². The average molecular weight is 335 g/mol. The lowest BCUT2D eigenvalue weighted by Gasteiger charge is -1.96. The van der Waals surface area contributed by atoms with Gasteiger partial charge in [-0.2, -0.15) is 0 Å². The van der Waals surface area contributed by atoms with Crippen LogP contribution in [-0.4, -0.2) is 29.2 Å². The van der Waals surface area contributed by atoms with Gasteiger partial charge in [-0.1, -0.05) is 18.3 Å². The minimum atomic E-state index is -0.309. The summed E-state index contributed by atoms with van der Waals surface area (Å²) in [7, 11) is 1.35. The number of ether oxygens (including phenoxy) is 1. The summed E-state index contributed by atoms with van der Waals surface area (Å²) in [4.78, 5) is 22.8. The standard InChI is InChI=1S/C15H17N3O4S/c1-3-13-17-18-15(23-13)16-12(19)8-6-10-4-5-11(22-10)7-9-14(20)21-2/h4-6,8H,3,7,9H2,1-2H3,(H,16,18,19)/b8-6+. The monoisotopic (exact) mass is 335 g/mol. The number of nitrogens with one attached hydrogen (secondary N) is 1. The lowest BCUT2D eigenvalue weighted by Crippen LogP contribution is -2.07. The quantitative estimate of drug-likeness (QED) is 0.617. The SMILES string of the molecule is CCc1nnc(NC(=O)/C=C/c2ccc(CCC(=O)OC)o2)s1.